The van der Waals surface area contributed by atoms with Crippen molar-refractivity contribution in [3.05, 3.63) is 0 Å². The van der Waals surface area contributed by atoms with E-state index in [2.05, 4.69) is 10.6 Å². The monoisotopic (exact) mass is 260 g/mol. The van der Waals surface area contributed by atoms with Gasteiger partial charge in [0, 0.05) is 6.54 Å². The molecule has 18 heavy (non-hydrogen) atoms. The Hall–Kier alpha value is -1.34. The summed E-state index contributed by atoms with van der Waals surface area (Å²) in [5.74, 6) is -1.27. The van der Waals surface area contributed by atoms with Crippen LogP contribution in [0.1, 0.15) is 25.7 Å². The van der Waals surface area contributed by atoms with Crippen molar-refractivity contribution < 1.29 is 24.5 Å². The first-order valence-electron chi connectivity index (χ1n) is 6.13. The molecule has 2 amide bonds. The van der Waals surface area contributed by atoms with Crippen LogP contribution in [0.15, 0.2) is 0 Å². The van der Waals surface area contributed by atoms with Gasteiger partial charge in [0.25, 0.3) is 0 Å². The quantitative estimate of drug-likeness (QED) is 0.470. The SMILES string of the molecule is O=C(NCCOC1CCCC1)NC(CO)C(=O)O. The van der Waals surface area contributed by atoms with Gasteiger partial charge in [-0.05, 0) is 12.8 Å². The number of ether oxygens (including phenoxy) is 1. The van der Waals surface area contributed by atoms with Gasteiger partial charge in [0.15, 0.2) is 6.04 Å². The van der Waals surface area contributed by atoms with Crippen LogP contribution in [0.5, 0.6) is 0 Å². The van der Waals surface area contributed by atoms with E-state index in [0.29, 0.717) is 19.3 Å². The molecule has 0 aromatic carbocycles. The highest BCUT2D eigenvalue weighted by atomic mass is 16.5. The molecule has 0 spiro atoms. The van der Waals surface area contributed by atoms with Gasteiger partial charge in [-0.3, -0.25) is 0 Å². The summed E-state index contributed by atoms with van der Waals surface area (Å²) in [4.78, 5) is 21.8. The average molecular weight is 260 g/mol. The van der Waals surface area contributed by atoms with Gasteiger partial charge >= 0.3 is 12.0 Å². The number of urea groups is 1. The van der Waals surface area contributed by atoms with Crippen LogP contribution in [-0.2, 0) is 9.53 Å². The minimum absolute atomic E-state index is 0.291. The van der Waals surface area contributed by atoms with Crippen molar-refractivity contribution in [3.8, 4) is 0 Å². The molecule has 1 fully saturated rings. The van der Waals surface area contributed by atoms with Gasteiger partial charge in [-0.15, -0.1) is 0 Å². The second-order valence-electron chi connectivity index (χ2n) is 4.25. The summed E-state index contributed by atoms with van der Waals surface area (Å²) >= 11 is 0. The average Bonchev–Trinajstić information content (AvgIpc) is 2.84. The highest BCUT2D eigenvalue weighted by molar-refractivity contribution is 5.82. The van der Waals surface area contributed by atoms with Gasteiger partial charge in [-0.25, -0.2) is 9.59 Å². The third-order valence-corrected chi connectivity index (χ3v) is 2.83. The number of hydrogen-bond acceptors (Lipinski definition) is 4. The molecule has 7 nitrogen and oxygen atoms in total. The van der Waals surface area contributed by atoms with Crippen molar-refractivity contribution in [1.29, 1.82) is 0 Å². The lowest BCUT2D eigenvalue weighted by Crippen LogP contribution is -2.48. The summed E-state index contributed by atoms with van der Waals surface area (Å²) in [5.41, 5.74) is 0. The van der Waals surface area contributed by atoms with Gasteiger partial charge in [0.2, 0.25) is 0 Å². The lowest BCUT2D eigenvalue weighted by Gasteiger charge is -2.14. The Kier molecular flexibility index (Phi) is 6.45. The van der Waals surface area contributed by atoms with Crippen molar-refractivity contribution >= 4 is 12.0 Å². The Morgan fingerprint density at radius 1 is 1.33 bits per heavy atom. The Labute approximate surface area is 106 Å². The number of carbonyl (C=O) groups is 2. The fourth-order valence-electron chi connectivity index (χ4n) is 1.84. The van der Waals surface area contributed by atoms with Crippen molar-refractivity contribution in [1.82, 2.24) is 10.6 Å². The van der Waals surface area contributed by atoms with Crippen LogP contribution in [0.4, 0.5) is 4.79 Å². The standard InChI is InChI=1S/C11H20N2O5/c14-7-9(10(15)16)13-11(17)12-5-6-18-8-3-1-2-4-8/h8-9,14H,1-7H2,(H,15,16)(H2,12,13,17). The molecule has 1 unspecified atom stereocenters. The molecule has 0 saturated heterocycles. The molecule has 0 aromatic heterocycles. The predicted molar refractivity (Wildman–Crippen MR) is 63.3 cm³/mol. The minimum atomic E-state index is -1.28. The smallest absolute Gasteiger partial charge is 0.328 e. The van der Waals surface area contributed by atoms with Gasteiger partial charge < -0.3 is 25.6 Å². The third kappa shape index (κ3) is 5.33. The third-order valence-electron chi connectivity index (χ3n) is 2.83. The maximum absolute atomic E-state index is 11.3. The zero-order chi connectivity index (χ0) is 13.4. The molecular formula is C11H20N2O5. The molecular weight excluding hydrogens is 240 g/mol. The summed E-state index contributed by atoms with van der Waals surface area (Å²) in [6, 6.07) is -1.90. The van der Waals surface area contributed by atoms with Crippen LogP contribution in [0, 0.1) is 0 Å². The maximum Gasteiger partial charge on any atom is 0.328 e. The summed E-state index contributed by atoms with van der Waals surface area (Å²) < 4.78 is 5.52. The number of carboxylic acid groups (broad SMARTS) is 1. The van der Waals surface area contributed by atoms with E-state index in [0.717, 1.165) is 12.8 Å². The second-order valence-corrected chi connectivity index (χ2v) is 4.25. The van der Waals surface area contributed by atoms with Gasteiger partial charge in [-0.1, -0.05) is 12.8 Å². The van der Waals surface area contributed by atoms with E-state index < -0.39 is 24.6 Å². The highest BCUT2D eigenvalue weighted by Gasteiger charge is 2.18. The Morgan fingerprint density at radius 3 is 2.56 bits per heavy atom. The molecule has 1 rings (SSSR count). The molecule has 0 heterocycles. The Balaban J connectivity index is 2.07. The highest BCUT2D eigenvalue weighted by Crippen LogP contribution is 2.20. The lowest BCUT2D eigenvalue weighted by atomic mass is 10.3. The molecule has 1 atom stereocenters. The van der Waals surface area contributed by atoms with Crippen LogP contribution >= 0.6 is 0 Å². The van der Waals surface area contributed by atoms with E-state index in [-0.39, 0.29) is 0 Å². The number of hydrogen-bond donors (Lipinski definition) is 4. The maximum atomic E-state index is 11.3. The molecule has 4 N–H and O–H groups in total. The molecule has 0 aliphatic heterocycles. The lowest BCUT2D eigenvalue weighted by molar-refractivity contribution is -0.140. The van der Waals surface area contributed by atoms with E-state index in [9.17, 15) is 9.59 Å². The van der Waals surface area contributed by atoms with Crippen LogP contribution in [0.25, 0.3) is 0 Å². The molecule has 104 valence electrons. The van der Waals surface area contributed by atoms with Gasteiger partial charge in [0.05, 0.1) is 19.3 Å². The zero-order valence-electron chi connectivity index (χ0n) is 10.2. The number of rotatable bonds is 7. The van der Waals surface area contributed by atoms with Crippen molar-refractivity contribution in [3.63, 3.8) is 0 Å². The van der Waals surface area contributed by atoms with Gasteiger partial charge in [-0.2, -0.15) is 0 Å². The first kappa shape index (κ1) is 14.7. The molecule has 1 saturated carbocycles. The molecule has 0 aromatic rings. The number of nitrogens with one attached hydrogen (secondary N) is 2. The Morgan fingerprint density at radius 2 is 2.00 bits per heavy atom. The minimum Gasteiger partial charge on any atom is -0.480 e. The van der Waals surface area contributed by atoms with Crippen molar-refractivity contribution in [2.45, 2.75) is 37.8 Å². The number of carboxylic acids is 1. The fourth-order valence-corrected chi connectivity index (χ4v) is 1.84. The van der Waals surface area contributed by atoms with E-state index >= 15 is 0 Å². The molecule has 0 bridgehead atoms. The number of aliphatic hydroxyl groups is 1. The molecule has 1 aliphatic carbocycles. The van der Waals surface area contributed by atoms with Crippen molar-refractivity contribution in [2.24, 2.45) is 0 Å². The predicted octanol–water partition coefficient (Wildman–Crippen LogP) is -0.310. The second kappa shape index (κ2) is 7.88. The van der Waals surface area contributed by atoms with Crippen LogP contribution < -0.4 is 10.6 Å². The Bertz CT molecular complexity index is 279. The largest absolute Gasteiger partial charge is 0.480 e. The van der Waals surface area contributed by atoms with Gasteiger partial charge in [0.1, 0.15) is 0 Å². The molecule has 7 heteroatoms. The van der Waals surface area contributed by atoms with E-state index in [1.54, 1.807) is 0 Å². The number of aliphatic hydroxyl groups excluding tert-OH is 1. The zero-order valence-corrected chi connectivity index (χ0v) is 10.2. The number of amides is 2. The summed E-state index contributed by atoms with van der Waals surface area (Å²) in [7, 11) is 0. The van der Waals surface area contributed by atoms with Crippen molar-refractivity contribution in [2.75, 3.05) is 19.8 Å². The van der Waals surface area contributed by atoms with Crippen LogP contribution in [-0.4, -0.2) is 54.1 Å². The van der Waals surface area contributed by atoms with Crippen LogP contribution in [0.2, 0.25) is 0 Å². The van der Waals surface area contributed by atoms with E-state index in [1.165, 1.54) is 12.8 Å². The molecule has 1 aliphatic rings. The normalized spacial score (nSPS) is 17.4. The number of carbonyl (C=O) groups excluding carboxylic acids is 1. The fraction of sp³-hybridized carbons (Fsp3) is 0.818. The molecule has 0 radical (unpaired) electrons. The van der Waals surface area contributed by atoms with E-state index in [4.69, 9.17) is 14.9 Å². The summed E-state index contributed by atoms with van der Waals surface area (Å²) in [6.45, 7) is 0.0936. The summed E-state index contributed by atoms with van der Waals surface area (Å²) in [5, 5.41) is 21.9. The first-order chi connectivity index (χ1) is 8.63. The first-order valence-corrected chi connectivity index (χ1v) is 6.13. The summed E-state index contributed by atoms with van der Waals surface area (Å²) in [6.07, 6.45) is 4.81. The van der Waals surface area contributed by atoms with Crippen LogP contribution in [0.3, 0.4) is 0 Å². The van der Waals surface area contributed by atoms with E-state index in [1.807, 2.05) is 0 Å². The number of aliphatic carboxylic acids is 1. The topological polar surface area (TPSA) is 108 Å².